The van der Waals surface area contributed by atoms with Crippen LogP contribution in [0.2, 0.25) is 5.02 Å². The Bertz CT molecular complexity index is 1560. The van der Waals surface area contributed by atoms with Crippen molar-refractivity contribution in [3.8, 4) is 0 Å². The normalized spacial score (nSPS) is 31.3. The number of likely N-dealkylation sites (tertiary alicyclic amines) is 1. The number of allylic oxidation sites excluding steroid dienone is 1. The molecule has 0 unspecified atom stereocenters. The summed E-state index contributed by atoms with van der Waals surface area (Å²) in [4.78, 5) is 59.3. The highest BCUT2D eigenvalue weighted by Crippen LogP contribution is 2.59. The Morgan fingerprint density at radius 2 is 1.80 bits per heavy atom. The van der Waals surface area contributed by atoms with Crippen LogP contribution in [-0.4, -0.2) is 77.2 Å². The van der Waals surface area contributed by atoms with Crippen LogP contribution in [0, 0.1) is 11.8 Å². The lowest BCUT2D eigenvalue weighted by Gasteiger charge is -2.38. The van der Waals surface area contributed by atoms with Crippen molar-refractivity contribution in [2.45, 2.75) is 56.0 Å². The second-order valence-corrected chi connectivity index (χ2v) is 13.3. The van der Waals surface area contributed by atoms with E-state index >= 15 is 0 Å². The molecule has 3 amide bonds. The lowest BCUT2D eigenvalue weighted by atomic mass is 9.74. The van der Waals surface area contributed by atoms with E-state index in [1.807, 2.05) is 37.3 Å². The molecular weight excluding hydrogens is 678 g/mol. The van der Waals surface area contributed by atoms with Crippen molar-refractivity contribution in [2.75, 3.05) is 24.7 Å². The number of benzene rings is 2. The van der Waals surface area contributed by atoms with Gasteiger partial charge in [0.05, 0.1) is 30.5 Å². The van der Waals surface area contributed by atoms with Gasteiger partial charge in [0.1, 0.15) is 24.4 Å². The molecule has 4 aliphatic heterocycles. The molecule has 2 fully saturated rings. The summed E-state index contributed by atoms with van der Waals surface area (Å²) in [5, 5.41) is 13.9. The van der Waals surface area contributed by atoms with Gasteiger partial charge in [0.2, 0.25) is 11.8 Å². The van der Waals surface area contributed by atoms with E-state index in [0.29, 0.717) is 28.0 Å². The molecule has 4 aliphatic rings. The largest absolute Gasteiger partial charge is 0.463 e. The SMILES string of the molecule is CC[C@@H](CO)N1C(=O)[C@@H]2[C@H]3C(=O)N[C@@H](c4ccccc4)COC(=O)CC/C=C\CN(c4ccc(Cl)cc4)C(=O)[C@@H]1[C@]21C=C(Br)[C@H]3O1. The Morgan fingerprint density at radius 3 is 2.50 bits per heavy atom. The lowest BCUT2D eigenvalue weighted by Crippen LogP contribution is -2.58. The number of aliphatic hydroxyl groups excluding tert-OH is 1. The van der Waals surface area contributed by atoms with E-state index in [2.05, 4.69) is 21.2 Å². The number of fused-ring (bicyclic) bond motifs is 2. The minimum absolute atomic E-state index is 0.0999. The van der Waals surface area contributed by atoms with Crippen LogP contribution < -0.4 is 10.2 Å². The molecule has 1 spiro atoms. The maximum absolute atomic E-state index is 14.9. The molecule has 7 atom stereocenters. The Hall–Kier alpha value is -3.51. The van der Waals surface area contributed by atoms with E-state index in [1.165, 1.54) is 9.80 Å². The first-order valence-electron chi connectivity index (χ1n) is 15.4. The smallest absolute Gasteiger partial charge is 0.306 e. The third-order valence-corrected chi connectivity index (χ3v) is 10.2. The molecule has 0 aliphatic carbocycles. The van der Waals surface area contributed by atoms with Crippen LogP contribution in [-0.2, 0) is 28.7 Å². The Balaban J connectivity index is 1.47. The summed E-state index contributed by atoms with van der Waals surface area (Å²) in [5.41, 5.74) is -0.206. The number of rotatable bonds is 5. The number of nitrogens with one attached hydrogen (secondary N) is 1. The topological polar surface area (TPSA) is 125 Å². The van der Waals surface area contributed by atoms with Gasteiger partial charge in [-0.05, 0) is 48.7 Å². The van der Waals surface area contributed by atoms with Gasteiger partial charge in [-0.25, -0.2) is 0 Å². The fourth-order valence-corrected chi connectivity index (χ4v) is 7.92. The number of aliphatic hydroxyl groups is 1. The minimum Gasteiger partial charge on any atom is -0.463 e. The van der Waals surface area contributed by atoms with Gasteiger partial charge < -0.3 is 29.7 Å². The third kappa shape index (κ3) is 5.67. The molecule has 242 valence electrons. The molecule has 2 aromatic carbocycles. The maximum Gasteiger partial charge on any atom is 0.306 e. The predicted molar refractivity (Wildman–Crippen MR) is 174 cm³/mol. The first kappa shape index (κ1) is 32.4. The number of esters is 1. The van der Waals surface area contributed by atoms with Crippen LogP contribution in [0.15, 0.2) is 77.3 Å². The average molecular weight is 713 g/mol. The molecule has 0 radical (unpaired) electrons. The van der Waals surface area contributed by atoms with Crippen LogP contribution in [0.1, 0.15) is 37.8 Å². The minimum atomic E-state index is -1.47. The zero-order valence-corrected chi connectivity index (χ0v) is 27.5. The molecule has 0 aromatic heterocycles. The quantitative estimate of drug-likeness (QED) is 0.354. The summed E-state index contributed by atoms with van der Waals surface area (Å²) >= 11 is 9.75. The molecule has 6 rings (SSSR count). The number of halogens is 2. The summed E-state index contributed by atoms with van der Waals surface area (Å²) in [5.74, 6) is -3.80. The standard InChI is InChI=1S/C34H35BrClN3O7/c1-2-22(18-40)39-30-33(44)38(23-14-12-21(36)13-15-23)16-8-4-7-11-26(41)45-19-25(20-9-5-3-6-10-20)37-31(42)27-28(32(39)43)34(30)17-24(35)29(27)46-34/h3-6,8-10,12-15,17,22,25,27-30,40H,2,7,11,16,18-19H2,1H3,(H,37,42)/b8-4-/t22-,25+,27+,28-,29+,30+,34-/m0/s1. The van der Waals surface area contributed by atoms with Crippen molar-refractivity contribution >= 4 is 56.9 Å². The molecule has 0 saturated carbocycles. The number of anilines is 1. The summed E-state index contributed by atoms with van der Waals surface area (Å²) in [6.07, 6.45) is 5.38. The molecule has 10 nitrogen and oxygen atoms in total. The van der Waals surface area contributed by atoms with E-state index in [4.69, 9.17) is 21.1 Å². The van der Waals surface area contributed by atoms with Crippen molar-refractivity contribution in [3.63, 3.8) is 0 Å². The van der Waals surface area contributed by atoms with Crippen molar-refractivity contribution in [1.82, 2.24) is 10.2 Å². The fraction of sp³-hybridized carbons (Fsp3) is 0.412. The highest BCUT2D eigenvalue weighted by atomic mass is 79.9. The first-order valence-corrected chi connectivity index (χ1v) is 16.6. The number of cyclic esters (lactones) is 1. The van der Waals surface area contributed by atoms with Crippen molar-refractivity contribution in [2.24, 2.45) is 11.8 Å². The van der Waals surface area contributed by atoms with Gasteiger partial charge in [-0.1, -0.05) is 76.9 Å². The van der Waals surface area contributed by atoms with Crippen molar-refractivity contribution in [1.29, 1.82) is 0 Å². The van der Waals surface area contributed by atoms with E-state index in [1.54, 1.807) is 42.5 Å². The summed E-state index contributed by atoms with van der Waals surface area (Å²) in [6, 6.07) is 13.4. The number of nitrogens with zero attached hydrogens (tertiary/aromatic N) is 2. The number of hydrogen-bond acceptors (Lipinski definition) is 7. The zero-order valence-electron chi connectivity index (χ0n) is 25.2. The molecular formula is C34H35BrClN3O7. The molecule has 2 aromatic rings. The number of carbonyl (C=O) groups is 4. The van der Waals surface area contributed by atoms with Crippen LogP contribution in [0.5, 0.6) is 0 Å². The van der Waals surface area contributed by atoms with Crippen LogP contribution in [0.3, 0.4) is 0 Å². The van der Waals surface area contributed by atoms with Gasteiger partial charge in [0.25, 0.3) is 5.91 Å². The van der Waals surface area contributed by atoms with Gasteiger partial charge in [-0.15, -0.1) is 0 Å². The number of ether oxygens (including phenoxy) is 2. The predicted octanol–water partition coefficient (Wildman–Crippen LogP) is 4.07. The van der Waals surface area contributed by atoms with Gasteiger partial charge in [-0.3, -0.25) is 19.2 Å². The molecule has 2 saturated heterocycles. The third-order valence-electron chi connectivity index (χ3n) is 9.28. The summed E-state index contributed by atoms with van der Waals surface area (Å²) < 4.78 is 12.8. The van der Waals surface area contributed by atoms with E-state index in [-0.39, 0.29) is 26.2 Å². The van der Waals surface area contributed by atoms with Crippen LogP contribution in [0.4, 0.5) is 5.69 Å². The summed E-state index contributed by atoms with van der Waals surface area (Å²) in [6.45, 7) is 1.48. The molecule has 12 heteroatoms. The molecule has 46 heavy (non-hydrogen) atoms. The van der Waals surface area contributed by atoms with Gasteiger partial charge in [-0.2, -0.15) is 0 Å². The van der Waals surface area contributed by atoms with E-state index in [9.17, 15) is 24.3 Å². The summed E-state index contributed by atoms with van der Waals surface area (Å²) in [7, 11) is 0. The number of amides is 3. The Morgan fingerprint density at radius 1 is 1.07 bits per heavy atom. The fourth-order valence-electron chi connectivity index (χ4n) is 7.06. The molecule has 5 bridgehead atoms. The highest BCUT2D eigenvalue weighted by Gasteiger charge is 2.75. The maximum atomic E-state index is 14.9. The van der Waals surface area contributed by atoms with E-state index < -0.39 is 65.4 Å². The Kier molecular flexibility index (Phi) is 9.38. The first-order chi connectivity index (χ1) is 22.2. The van der Waals surface area contributed by atoms with Gasteiger partial charge in [0.15, 0.2) is 0 Å². The van der Waals surface area contributed by atoms with Gasteiger partial charge in [0, 0.05) is 28.2 Å². The van der Waals surface area contributed by atoms with Crippen molar-refractivity contribution < 1.29 is 33.8 Å². The van der Waals surface area contributed by atoms with Crippen LogP contribution >= 0.6 is 27.5 Å². The molecule has 2 N–H and O–H groups in total. The zero-order chi connectivity index (χ0) is 32.6. The van der Waals surface area contributed by atoms with Gasteiger partial charge >= 0.3 is 5.97 Å². The lowest BCUT2D eigenvalue weighted by molar-refractivity contribution is -0.146. The van der Waals surface area contributed by atoms with Crippen LogP contribution in [0.25, 0.3) is 0 Å². The van der Waals surface area contributed by atoms with E-state index in [0.717, 1.165) is 5.56 Å². The monoisotopic (exact) mass is 711 g/mol. The molecule has 4 heterocycles. The Labute approximate surface area is 280 Å². The average Bonchev–Trinajstić information content (AvgIpc) is 3.65. The second-order valence-electron chi connectivity index (χ2n) is 11.9. The number of carbonyl (C=O) groups excluding carboxylic acids is 4. The van der Waals surface area contributed by atoms with Crippen molar-refractivity contribution in [3.05, 3.63) is 87.9 Å². The second kappa shape index (κ2) is 13.3. The highest BCUT2D eigenvalue weighted by molar-refractivity contribution is 9.11. The number of hydrogen-bond donors (Lipinski definition) is 2.